The van der Waals surface area contributed by atoms with Crippen LogP contribution in [0.1, 0.15) is 29.9 Å². The lowest BCUT2D eigenvalue weighted by Gasteiger charge is -2.23. The minimum absolute atomic E-state index is 0.0575. The molecular weight excluding hydrogens is 341 g/mol. The number of nitrogens with one attached hydrogen (secondary N) is 1. The van der Waals surface area contributed by atoms with Crippen molar-refractivity contribution in [3.8, 4) is 0 Å². The molecule has 1 N–H and O–H groups in total. The van der Waals surface area contributed by atoms with Crippen molar-refractivity contribution in [3.63, 3.8) is 0 Å². The zero-order valence-corrected chi connectivity index (χ0v) is 13.9. The van der Waals surface area contributed by atoms with Crippen molar-refractivity contribution in [1.29, 1.82) is 0 Å². The van der Waals surface area contributed by atoms with Gasteiger partial charge in [0.05, 0.1) is 4.88 Å². The monoisotopic (exact) mass is 357 g/mol. The summed E-state index contributed by atoms with van der Waals surface area (Å²) in [7, 11) is 0. The third-order valence-corrected chi connectivity index (χ3v) is 4.70. The molecule has 0 aliphatic carbocycles. The Bertz CT molecular complexity index is 623. The van der Waals surface area contributed by atoms with E-state index in [1.54, 1.807) is 6.07 Å². The quantitative estimate of drug-likeness (QED) is 0.779. The van der Waals surface area contributed by atoms with E-state index in [9.17, 15) is 9.18 Å². The molecule has 108 valence electrons. The summed E-state index contributed by atoms with van der Waals surface area (Å²) in [6.45, 7) is 4.86. The van der Waals surface area contributed by atoms with Crippen LogP contribution in [0, 0.1) is 11.2 Å². The highest BCUT2D eigenvalue weighted by molar-refractivity contribution is 9.09. The highest BCUT2D eigenvalue weighted by atomic mass is 79.9. The van der Waals surface area contributed by atoms with E-state index in [0.29, 0.717) is 11.4 Å². The fourth-order valence-electron chi connectivity index (χ4n) is 1.87. The maximum atomic E-state index is 13.1. The van der Waals surface area contributed by atoms with Crippen molar-refractivity contribution in [2.45, 2.75) is 20.3 Å². The summed E-state index contributed by atoms with van der Waals surface area (Å²) in [6, 6.07) is 6.39. The first-order chi connectivity index (χ1) is 9.41. The van der Waals surface area contributed by atoms with Crippen molar-refractivity contribution in [2.75, 3.05) is 11.9 Å². The van der Waals surface area contributed by atoms with Gasteiger partial charge >= 0.3 is 0 Å². The summed E-state index contributed by atoms with van der Waals surface area (Å²) in [5.41, 5.74) is 0.0575. The molecule has 0 radical (unpaired) electrons. The zero-order chi connectivity index (χ0) is 14.8. The van der Waals surface area contributed by atoms with Crippen LogP contribution in [0.3, 0.4) is 0 Å². The number of carbonyl (C=O) groups excluding carboxylic acids is 1. The minimum atomic E-state index is -0.273. The lowest BCUT2D eigenvalue weighted by Crippen LogP contribution is -2.33. The topological polar surface area (TPSA) is 29.1 Å². The first kappa shape index (κ1) is 15.4. The second-order valence-electron chi connectivity index (χ2n) is 5.58. The molecule has 2 rings (SSSR count). The zero-order valence-electron chi connectivity index (χ0n) is 11.5. The third kappa shape index (κ3) is 3.79. The lowest BCUT2D eigenvalue weighted by molar-refractivity contribution is 0.0940. The van der Waals surface area contributed by atoms with Crippen LogP contribution in [0.2, 0.25) is 0 Å². The summed E-state index contributed by atoms with van der Waals surface area (Å²) >= 11 is 4.74. The Morgan fingerprint density at radius 2 is 2.15 bits per heavy atom. The molecule has 5 heteroatoms. The van der Waals surface area contributed by atoms with Gasteiger partial charge in [-0.3, -0.25) is 4.79 Å². The van der Waals surface area contributed by atoms with E-state index in [-0.39, 0.29) is 17.1 Å². The molecule has 1 heterocycles. The molecule has 20 heavy (non-hydrogen) atoms. The van der Waals surface area contributed by atoms with Crippen LogP contribution in [0.4, 0.5) is 4.39 Å². The van der Waals surface area contributed by atoms with Gasteiger partial charge < -0.3 is 5.32 Å². The maximum Gasteiger partial charge on any atom is 0.261 e. The van der Waals surface area contributed by atoms with Crippen LogP contribution < -0.4 is 5.32 Å². The average molecular weight is 358 g/mol. The fraction of sp³-hybridized carbons (Fsp3) is 0.400. The number of carbonyl (C=O) groups is 1. The number of hydrogen-bond acceptors (Lipinski definition) is 2. The Morgan fingerprint density at radius 1 is 1.40 bits per heavy atom. The van der Waals surface area contributed by atoms with E-state index in [2.05, 4.69) is 35.1 Å². The van der Waals surface area contributed by atoms with E-state index >= 15 is 0 Å². The number of alkyl halides is 1. The van der Waals surface area contributed by atoms with Crippen LogP contribution in [-0.2, 0) is 0 Å². The van der Waals surface area contributed by atoms with Gasteiger partial charge in [-0.2, -0.15) is 0 Å². The van der Waals surface area contributed by atoms with E-state index in [1.165, 1.54) is 23.5 Å². The molecule has 1 aromatic heterocycles. The Balaban J connectivity index is 2.08. The van der Waals surface area contributed by atoms with Gasteiger partial charge in [0.15, 0.2) is 0 Å². The Hall–Kier alpha value is -0.940. The Kier molecular flexibility index (Phi) is 4.81. The molecule has 1 amide bonds. The molecule has 2 aromatic rings. The van der Waals surface area contributed by atoms with Gasteiger partial charge in [0.25, 0.3) is 5.91 Å². The summed E-state index contributed by atoms with van der Waals surface area (Å²) in [6.07, 6.45) is 0.991. The molecule has 0 aliphatic rings. The SMILES string of the molecule is CC(C)(CCBr)CNC(=O)c1cc2ccc(F)cc2s1. The number of fused-ring (bicyclic) bond motifs is 1. The average Bonchev–Trinajstić information content (AvgIpc) is 2.79. The number of hydrogen-bond donors (Lipinski definition) is 1. The number of amides is 1. The van der Waals surface area contributed by atoms with Crippen molar-refractivity contribution >= 4 is 43.3 Å². The van der Waals surface area contributed by atoms with Crippen LogP contribution in [0.5, 0.6) is 0 Å². The minimum Gasteiger partial charge on any atom is -0.351 e. The summed E-state index contributed by atoms with van der Waals surface area (Å²) in [5.74, 6) is -0.362. The van der Waals surface area contributed by atoms with Crippen LogP contribution in [0.15, 0.2) is 24.3 Å². The van der Waals surface area contributed by atoms with Gasteiger partial charge in [-0.25, -0.2) is 4.39 Å². The van der Waals surface area contributed by atoms with Gasteiger partial charge in [0, 0.05) is 16.6 Å². The highest BCUT2D eigenvalue weighted by Crippen LogP contribution is 2.27. The molecule has 1 aromatic carbocycles. The van der Waals surface area contributed by atoms with Gasteiger partial charge in [0.2, 0.25) is 0 Å². The fourth-order valence-corrected chi connectivity index (χ4v) is 3.95. The predicted molar refractivity (Wildman–Crippen MR) is 86.3 cm³/mol. The molecule has 0 atom stereocenters. The summed E-state index contributed by atoms with van der Waals surface area (Å²) in [5, 5.41) is 4.78. The molecular formula is C15H17BrFNOS. The van der Waals surface area contributed by atoms with E-state index in [1.807, 2.05) is 6.07 Å². The highest BCUT2D eigenvalue weighted by Gasteiger charge is 2.19. The van der Waals surface area contributed by atoms with E-state index in [0.717, 1.165) is 21.8 Å². The Labute approximate surface area is 130 Å². The Morgan fingerprint density at radius 3 is 2.85 bits per heavy atom. The molecule has 0 fully saturated rings. The molecule has 0 bridgehead atoms. The lowest BCUT2D eigenvalue weighted by atomic mass is 9.90. The van der Waals surface area contributed by atoms with Gasteiger partial charge in [0.1, 0.15) is 5.82 Å². The summed E-state index contributed by atoms with van der Waals surface area (Å²) in [4.78, 5) is 12.8. The second-order valence-corrected chi connectivity index (χ2v) is 7.46. The molecule has 0 saturated carbocycles. The number of halogens is 2. The molecule has 0 unspecified atom stereocenters. The molecule has 0 saturated heterocycles. The smallest absolute Gasteiger partial charge is 0.261 e. The molecule has 0 aliphatic heterocycles. The van der Waals surface area contributed by atoms with Crippen molar-refractivity contribution in [3.05, 3.63) is 35.0 Å². The second kappa shape index (κ2) is 6.22. The van der Waals surface area contributed by atoms with Gasteiger partial charge in [-0.05, 0) is 35.4 Å². The number of rotatable bonds is 5. The molecule has 0 spiro atoms. The van der Waals surface area contributed by atoms with E-state index in [4.69, 9.17) is 0 Å². The van der Waals surface area contributed by atoms with Crippen molar-refractivity contribution in [2.24, 2.45) is 5.41 Å². The van der Waals surface area contributed by atoms with Crippen LogP contribution >= 0.6 is 27.3 Å². The largest absolute Gasteiger partial charge is 0.351 e. The van der Waals surface area contributed by atoms with Crippen molar-refractivity contribution < 1.29 is 9.18 Å². The molecule has 2 nitrogen and oxygen atoms in total. The number of benzene rings is 1. The predicted octanol–water partition coefficient (Wildman–Crippen LogP) is 4.58. The summed E-state index contributed by atoms with van der Waals surface area (Å²) < 4.78 is 13.9. The van der Waals surface area contributed by atoms with Crippen LogP contribution in [0.25, 0.3) is 10.1 Å². The van der Waals surface area contributed by atoms with Gasteiger partial charge in [-0.15, -0.1) is 11.3 Å². The standard InChI is InChI=1S/C15H17BrFNOS/c1-15(2,5-6-16)9-18-14(19)13-7-10-3-4-11(17)8-12(10)20-13/h3-4,7-8H,5-6,9H2,1-2H3,(H,18,19). The number of thiophene rings is 1. The third-order valence-electron chi connectivity index (χ3n) is 3.20. The van der Waals surface area contributed by atoms with Crippen molar-refractivity contribution in [1.82, 2.24) is 5.32 Å². The van der Waals surface area contributed by atoms with Gasteiger partial charge in [-0.1, -0.05) is 35.8 Å². The first-order valence-electron chi connectivity index (χ1n) is 6.44. The van der Waals surface area contributed by atoms with E-state index < -0.39 is 0 Å². The maximum absolute atomic E-state index is 13.1. The first-order valence-corrected chi connectivity index (χ1v) is 8.38. The normalized spacial score (nSPS) is 11.8. The van der Waals surface area contributed by atoms with Crippen LogP contribution in [-0.4, -0.2) is 17.8 Å².